The largest absolute Gasteiger partial charge is 0.329 e. The Balaban J connectivity index is 2.78. The van der Waals surface area contributed by atoms with Crippen molar-refractivity contribution in [2.45, 2.75) is 53.1 Å². The molecule has 2 heteroatoms. The van der Waals surface area contributed by atoms with Gasteiger partial charge in [-0.05, 0) is 43.4 Å². The minimum Gasteiger partial charge on any atom is -0.329 e. The van der Waals surface area contributed by atoms with Gasteiger partial charge in [-0.25, -0.2) is 0 Å². The van der Waals surface area contributed by atoms with Crippen LogP contribution in [0.15, 0.2) is 18.2 Å². The summed E-state index contributed by atoms with van der Waals surface area (Å²) in [4.78, 5) is 2.52. The zero-order chi connectivity index (χ0) is 13.5. The molecular weight excluding hydrogens is 220 g/mol. The maximum absolute atomic E-state index is 5.74. The fourth-order valence-electron chi connectivity index (χ4n) is 2.50. The van der Waals surface area contributed by atoms with E-state index in [0.29, 0.717) is 6.04 Å². The number of hydrogen-bond donors (Lipinski definition) is 1. The predicted octanol–water partition coefficient (Wildman–Crippen LogP) is 3.25. The highest BCUT2D eigenvalue weighted by Crippen LogP contribution is 2.16. The number of nitrogens with zero attached hydrogens (tertiary/aromatic N) is 1. The molecule has 0 aliphatic rings. The van der Waals surface area contributed by atoms with Gasteiger partial charge in [0.25, 0.3) is 0 Å². The summed E-state index contributed by atoms with van der Waals surface area (Å²) in [5.41, 5.74) is 9.89. The summed E-state index contributed by atoms with van der Waals surface area (Å²) in [7, 11) is 0. The van der Waals surface area contributed by atoms with Gasteiger partial charge in [-0.1, -0.05) is 32.0 Å². The Hall–Kier alpha value is -0.860. The quantitative estimate of drug-likeness (QED) is 0.802. The van der Waals surface area contributed by atoms with E-state index in [1.807, 2.05) is 0 Å². The van der Waals surface area contributed by atoms with E-state index in [-0.39, 0.29) is 0 Å². The van der Waals surface area contributed by atoms with Gasteiger partial charge in [0.05, 0.1) is 0 Å². The highest BCUT2D eigenvalue weighted by Gasteiger charge is 2.14. The first-order valence-electron chi connectivity index (χ1n) is 7.12. The molecule has 0 atom stereocenters. The van der Waals surface area contributed by atoms with E-state index in [1.165, 1.54) is 29.5 Å². The molecule has 0 fully saturated rings. The maximum Gasteiger partial charge on any atom is 0.0237 e. The fraction of sp³-hybridized carbons (Fsp3) is 0.625. The molecule has 1 rings (SSSR count). The van der Waals surface area contributed by atoms with E-state index in [4.69, 9.17) is 5.73 Å². The van der Waals surface area contributed by atoms with Crippen molar-refractivity contribution in [2.24, 2.45) is 5.73 Å². The lowest BCUT2D eigenvalue weighted by Gasteiger charge is -2.30. The van der Waals surface area contributed by atoms with Crippen LogP contribution in [-0.4, -0.2) is 24.0 Å². The SMILES string of the molecule is CCC(CC)N(CCN)Cc1ccc(C)c(C)c1. The van der Waals surface area contributed by atoms with E-state index in [1.54, 1.807) is 0 Å². The zero-order valence-electron chi connectivity index (χ0n) is 12.4. The number of nitrogens with two attached hydrogens (primary N) is 1. The van der Waals surface area contributed by atoms with Gasteiger partial charge in [-0.15, -0.1) is 0 Å². The van der Waals surface area contributed by atoms with Gasteiger partial charge < -0.3 is 5.73 Å². The molecule has 0 spiro atoms. The Labute approximate surface area is 112 Å². The monoisotopic (exact) mass is 248 g/mol. The molecule has 1 aromatic rings. The second-order valence-electron chi connectivity index (χ2n) is 5.15. The van der Waals surface area contributed by atoms with E-state index in [0.717, 1.165) is 19.6 Å². The van der Waals surface area contributed by atoms with Crippen molar-refractivity contribution in [1.29, 1.82) is 0 Å². The van der Waals surface area contributed by atoms with Crippen molar-refractivity contribution in [1.82, 2.24) is 4.90 Å². The van der Waals surface area contributed by atoms with Gasteiger partial charge in [0, 0.05) is 25.7 Å². The molecule has 0 heterocycles. The molecular formula is C16H28N2. The average molecular weight is 248 g/mol. The molecule has 0 aliphatic carbocycles. The first kappa shape index (κ1) is 15.2. The highest BCUT2D eigenvalue weighted by molar-refractivity contribution is 5.29. The third-order valence-electron chi connectivity index (χ3n) is 3.83. The van der Waals surface area contributed by atoms with E-state index in [2.05, 4.69) is 50.8 Å². The Bertz CT molecular complexity index is 356. The summed E-state index contributed by atoms with van der Waals surface area (Å²) in [6.07, 6.45) is 2.39. The summed E-state index contributed by atoms with van der Waals surface area (Å²) in [5.74, 6) is 0. The van der Waals surface area contributed by atoms with Crippen LogP contribution in [0.4, 0.5) is 0 Å². The second-order valence-corrected chi connectivity index (χ2v) is 5.15. The van der Waals surface area contributed by atoms with Crippen molar-refractivity contribution in [3.05, 3.63) is 34.9 Å². The molecule has 2 nitrogen and oxygen atoms in total. The number of benzene rings is 1. The second kappa shape index (κ2) is 7.55. The molecule has 18 heavy (non-hydrogen) atoms. The summed E-state index contributed by atoms with van der Waals surface area (Å²) in [5, 5.41) is 0. The normalized spacial score (nSPS) is 11.5. The van der Waals surface area contributed by atoms with Gasteiger partial charge in [-0.3, -0.25) is 4.90 Å². The number of hydrogen-bond acceptors (Lipinski definition) is 2. The molecule has 0 saturated carbocycles. The zero-order valence-corrected chi connectivity index (χ0v) is 12.4. The third-order valence-corrected chi connectivity index (χ3v) is 3.83. The van der Waals surface area contributed by atoms with Crippen molar-refractivity contribution >= 4 is 0 Å². The number of aryl methyl sites for hydroxylation is 2. The van der Waals surface area contributed by atoms with Gasteiger partial charge in [-0.2, -0.15) is 0 Å². The highest BCUT2D eigenvalue weighted by atomic mass is 15.2. The predicted molar refractivity (Wildman–Crippen MR) is 79.8 cm³/mol. The van der Waals surface area contributed by atoms with Crippen molar-refractivity contribution in [3.63, 3.8) is 0 Å². The molecule has 1 aromatic carbocycles. The molecule has 0 aromatic heterocycles. The Morgan fingerprint density at radius 1 is 1.11 bits per heavy atom. The van der Waals surface area contributed by atoms with Gasteiger partial charge >= 0.3 is 0 Å². The summed E-state index contributed by atoms with van der Waals surface area (Å²) in [6, 6.07) is 7.42. The van der Waals surface area contributed by atoms with Crippen LogP contribution in [0.2, 0.25) is 0 Å². The lowest BCUT2D eigenvalue weighted by molar-refractivity contribution is 0.182. The first-order chi connectivity index (χ1) is 8.62. The first-order valence-corrected chi connectivity index (χ1v) is 7.12. The standard InChI is InChI=1S/C16H28N2/c1-5-16(6-2)18(10-9-17)12-15-8-7-13(3)14(4)11-15/h7-8,11,16H,5-6,9-10,12,17H2,1-4H3. The average Bonchev–Trinajstić information content (AvgIpc) is 2.35. The molecule has 0 unspecified atom stereocenters. The minimum atomic E-state index is 0.648. The Kier molecular flexibility index (Phi) is 6.37. The Morgan fingerprint density at radius 2 is 1.78 bits per heavy atom. The van der Waals surface area contributed by atoms with E-state index in [9.17, 15) is 0 Å². The molecule has 102 valence electrons. The van der Waals surface area contributed by atoms with Crippen LogP contribution in [0.3, 0.4) is 0 Å². The van der Waals surface area contributed by atoms with E-state index < -0.39 is 0 Å². The number of rotatable bonds is 7. The third kappa shape index (κ3) is 4.11. The van der Waals surface area contributed by atoms with Crippen LogP contribution in [0.1, 0.15) is 43.4 Å². The van der Waals surface area contributed by atoms with Crippen LogP contribution >= 0.6 is 0 Å². The van der Waals surface area contributed by atoms with Crippen LogP contribution in [0.25, 0.3) is 0 Å². The van der Waals surface area contributed by atoms with Crippen LogP contribution in [0, 0.1) is 13.8 Å². The molecule has 0 saturated heterocycles. The molecule has 0 radical (unpaired) electrons. The molecule has 2 N–H and O–H groups in total. The van der Waals surface area contributed by atoms with Crippen LogP contribution < -0.4 is 5.73 Å². The van der Waals surface area contributed by atoms with Crippen LogP contribution in [0.5, 0.6) is 0 Å². The van der Waals surface area contributed by atoms with Gasteiger partial charge in [0.15, 0.2) is 0 Å². The van der Waals surface area contributed by atoms with E-state index >= 15 is 0 Å². The van der Waals surface area contributed by atoms with Crippen molar-refractivity contribution < 1.29 is 0 Å². The fourth-order valence-corrected chi connectivity index (χ4v) is 2.50. The minimum absolute atomic E-state index is 0.648. The molecule has 0 aliphatic heterocycles. The van der Waals surface area contributed by atoms with Crippen molar-refractivity contribution in [2.75, 3.05) is 13.1 Å². The maximum atomic E-state index is 5.74. The lowest BCUT2D eigenvalue weighted by atomic mass is 10.0. The van der Waals surface area contributed by atoms with Gasteiger partial charge in [0.1, 0.15) is 0 Å². The summed E-state index contributed by atoms with van der Waals surface area (Å²) >= 11 is 0. The summed E-state index contributed by atoms with van der Waals surface area (Å²) in [6.45, 7) is 11.6. The van der Waals surface area contributed by atoms with Crippen molar-refractivity contribution in [3.8, 4) is 0 Å². The Morgan fingerprint density at radius 3 is 2.28 bits per heavy atom. The molecule has 0 bridgehead atoms. The molecule has 0 amide bonds. The lowest BCUT2D eigenvalue weighted by Crippen LogP contribution is -2.37. The van der Waals surface area contributed by atoms with Gasteiger partial charge in [0.2, 0.25) is 0 Å². The summed E-state index contributed by atoms with van der Waals surface area (Å²) < 4.78 is 0. The van der Waals surface area contributed by atoms with Crippen LogP contribution in [-0.2, 0) is 6.54 Å². The topological polar surface area (TPSA) is 29.3 Å². The smallest absolute Gasteiger partial charge is 0.0237 e.